The van der Waals surface area contributed by atoms with E-state index in [0.29, 0.717) is 33.2 Å². The van der Waals surface area contributed by atoms with Gasteiger partial charge in [0.15, 0.2) is 0 Å². The van der Waals surface area contributed by atoms with Gasteiger partial charge in [-0.05, 0) is 61.1 Å². The highest BCUT2D eigenvalue weighted by Gasteiger charge is 2.22. The minimum absolute atomic E-state index is 0.240. The van der Waals surface area contributed by atoms with E-state index in [9.17, 15) is 9.59 Å². The summed E-state index contributed by atoms with van der Waals surface area (Å²) in [6.45, 7) is 2.22. The van der Waals surface area contributed by atoms with Crippen molar-refractivity contribution in [2.75, 3.05) is 0 Å². The number of aromatic nitrogens is 2. The van der Waals surface area contributed by atoms with Crippen LogP contribution in [-0.4, -0.2) is 21.9 Å². The van der Waals surface area contributed by atoms with Gasteiger partial charge in [0.2, 0.25) is 0 Å². The number of fused-ring (bicyclic) bond motifs is 2. The van der Waals surface area contributed by atoms with Gasteiger partial charge in [-0.1, -0.05) is 49.7 Å². The lowest BCUT2D eigenvalue weighted by atomic mass is 9.87. The number of carbonyl (C=O) groups excluding carboxylic acids is 1. The molecule has 0 saturated heterocycles. The number of thiophene rings is 1. The normalized spacial score (nSPS) is 15.1. The van der Waals surface area contributed by atoms with Gasteiger partial charge in [0.25, 0.3) is 5.91 Å². The highest BCUT2D eigenvalue weighted by atomic mass is 32.1. The molecular weight excluding hydrogens is 496 g/mol. The van der Waals surface area contributed by atoms with E-state index in [1.807, 2.05) is 54.6 Å². The molecule has 3 aromatic heterocycles. The lowest BCUT2D eigenvalue weighted by Crippen LogP contribution is -2.16. The van der Waals surface area contributed by atoms with Crippen molar-refractivity contribution < 1.29 is 9.21 Å². The van der Waals surface area contributed by atoms with Crippen LogP contribution < -0.4 is 11.1 Å². The van der Waals surface area contributed by atoms with Crippen LogP contribution in [-0.2, 0) is 12.8 Å². The first-order chi connectivity index (χ1) is 18.6. The van der Waals surface area contributed by atoms with Gasteiger partial charge in [-0.25, -0.2) is 14.9 Å². The van der Waals surface area contributed by atoms with Gasteiger partial charge in [-0.15, -0.1) is 11.3 Å². The molecule has 1 aliphatic rings. The lowest BCUT2D eigenvalue weighted by Gasteiger charge is -2.19. The zero-order valence-corrected chi connectivity index (χ0v) is 21.7. The summed E-state index contributed by atoms with van der Waals surface area (Å²) >= 11 is 1.55. The average molecular weight is 523 g/mol. The SMILES string of the molecule is CCC1CCc2sc(C(=O)N/N=C/c3cn(-c4ccccc4)nc3-c3cc4ccccc4oc3=O)cc2C1. The molecule has 38 heavy (non-hydrogen) atoms. The molecule has 6 rings (SSSR count). The number of benzene rings is 2. The summed E-state index contributed by atoms with van der Waals surface area (Å²) in [4.78, 5) is 27.8. The third-order valence-corrected chi connectivity index (χ3v) is 8.25. The molecule has 1 aliphatic carbocycles. The first-order valence-corrected chi connectivity index (χ1v) is 13.5. The predicted molar refractivity (Wildman–Crippen MR) is 150 cm³/mol. The Morgan fingerprint density at radius 1 is 1.18 bits per heavy atom. The number of amides is 1. The molecule has 1 atom stereocenters. The Labute approximate surface area is 223 Å². The van der Waals surface area contributed by atoms with Crippen molar-refractivity contribution in [2.45, 2.75) is 32.6 Å². The fraction of sp³-hybridized carbons (Fsp3) is 0.200. The molecule has 8 heteroatoms. The van der Waals surface area contributed by atoms with E-state index < -0.39 is 5.63 Å². The topological polar surface area (TPSA) is 89.5 Å². The van der Waals surface area contributed by atoms with Crippen LogP contribution in [0.1, 0.15) is 45.4 Å². The molecule has 3 heterocycles. The maximum absolute atomic E-state index is 12.9. The van der Waals surface area contributed by atoms with Crippen LogP contribution >= 0.6 is 11.3 Å². The number of hydrogen-bond donors (Lipinski definition) is 1. The molecule has 1 N–H and O–H groups in total. The monoisotopic (exact) mass is 522 g/mol. The standard InChI is InChI=1S/C30H26N4O3S/c1-2-19-12-13-26-21(14-19)16-27(38-26)29(35)32-31-17-22-18-34(23-9-4-3-5-10-23)33-28(22)24-15-20-8-6-7-11-25(20)37-30(24)36/h3-11,15-19H,2,12-14H2,1H3,(H,32,35)/b31-17+. The molecule has 1 unspecified atom stereocenters. The summed E-state index contributed by atoms with van der Waals surface area (Å²) in [6, 6.07) is 20.7. The van der Waals surface area contributed by atoms with Crippen molar-refractivity contribution in [3.63, 3.8) is 0 Å². The molecule has 0 radical (unpaired) electrons. The minimum Gasteiger partial charge on any atom is -0.422 e. The smallest absolute Gasteiger partial charge is 0.345 e. The second-order valence-corrected chi connectivity index (χ2v) is 10.6. The maximum atomic E-state index is 12.9. The van der Waals surface area contributed by atoms with Crippen LogP contribution in [0.3, 0.4) is 0 Å². The molecule has 0 fully saturated rings. The number of hydrazone groups is 1. The molecule has 7 nitrogen and oxygen atoms in total. The van der Waals surface area contributed by atoms with E-state index in [4.69, 9.17) is 4.42 Å². The average Bonchev–Trinajstić information content (AvgIpc) is 3.57. The van der Waals surface area contributed by atoms with E-state index in [1.54, 1.807) is 34.3 Å². The highest BCUT2D eigenvalue weighted by Crippen LogP contribution is 2.33. The Hall–Kier alpha value is -4.30. The van der Waals surface area contributed by atoms with Gasteiger partial charge in [0.05, 0.1) is 22.3 Å². The second-order valence-electron chi connectivity index (χ2n) is 9.47. The van der Waals surface area contributed by atoms with E-state index in [-0.39, 0.29) is 5.91 Å². The number of nitrogens with zero attached hydrogens (tertiary/aromatic N) is 3. The highest BCUT2D eigenvalue weighted by molar-refractivity contribution is 7.14. The van der Waals surface area contributed by atoms with Crippen molar-refractivity contribution in [3.8, 4) is 16.9 Å². The summed E-state index contributed by atoms with van der Waals surface area (Å²) in [6.07, 6.45) is 7.72. The third kappa shape index (κ3) is 4.70. The number of para-hydroxylation sites is 2. The Morgan fingerprint density at radius 2 is 2.00 bits per heavy atom. The van der Waals surface area contributed by atoms with Gasteiger partial charge >= 0.3 is 5.63 Å². The zero-order valence-electron chi connectivity index (χ0n) is 20.9. The van der Waals surface area contributed by atoms with Crippen molar-refractivity contribution in [3.05, 3.63) is 104 Å². The summed E-state index contributed by atoms with van der Waals surface area (Å²) in [5.41, 5.74) is 6.11. The van der Waals surface area contributed by atoms with Gasteiger partial charge < -0.3 is 4.42 Å². The summed E-state index contributed by atoms with van der Waals surface area (Å²) in [5, 5.41) is 9.72. The Bertz CT molecular complexity index is 1710. The molecular formula is C30H26N4O3S. The van der Waals surface area contributed by atoms with Gasteiger partial charge in [0, 0.05) is 22.0 Å². The fourth-order valence-corrected chi connectivity index (χ4v) is 6.00. The van der Waals surface area contributed by atoms with Crippen LogP contribution in [0.25, 0.3) is 27.9 Å². The maximum Gasteiger partial charge on any atom is 0.345 e. The van der Waals surface area contributed by atoms with Crippen molar-refractivity contribution in [1.82, 2.24) is 15.2 Å². The number of nitrogens with one attached hydrogen (secondary N) is 1. The molecule has 2 aromatic carbocycles. The number of aryl methyl sites for hydroxylation is 1. The van der Waals surface area contributed by atoms with Crippen molar-refractivity contribution in [2.24, 2.45) is 11.0 Å². The summed E-state index contributed by atoms with van der Waals surface area (Å²) < 4.78 is 7.24. The summed E-state index contributed by atoms with van der Waals surface area (Å²) in [5.74, 6) is 0.453. The van der Waals surface area contributed by atoms with E-state index in [1.165, 1.54) is 23.1 Å². The molecule has 0 spiro atoms. The van der Waals surface area contributed by atoms with Crippen LogP contribution in [0.2, 0.25) is 0 Å². The molecule has 190 valence electrons. The Kier molecular flexibility index (Phi) is 6.47. The molecule has 0 bridgehead atoms. The van der Waals surface area contributed by atoms with Crippen LogP contribution in [0.5, 0.6) is 0 Å². The first kappa shape index (κ1) is 24.1. The largest absolute Gasteiger partial charge is 0.422 e. The lowest BCUT2D eigenvalue weighted by molar-refractivity contribution is 0.0959. The van der Waals surface area contributed by atoms with Gasteiger partial charge in [-0.3, -0.25) is 4.79 Å². The third-order valence-electron chi connectivity index (χ3n) is 7.02. The van der Waals surface area contributed by atoms with Crippen molar-refractivity contribution in [1.29, 1.82) is 0 Å². The summed E-state index contributed by atoms with van der Waals surface area (Å²) in [7, 11) is 0. The van der Waals surface area contributed by atoms with E-state index in [2.05, 4.69) is 22.5 Å². The Morgan fingerprint density at radius 3 is 2.84 bits per heavy atom. The second kappa shape index (κ2) is 10.2. The quantitative estimate of drug-likeness (QED) is 0.169. The predicted octanol–water partition coefficient (Wildman–Crippen LogP) is 5.99. The van der Waals surface area contributed by atoms with Gasteiger partial charge in [0.1, 0.15) is 11.3 Å². The van der Waals surface area contributed by atoms with Crippen LogP contribution in [0.4, 0.5) is 0 Å². The fourth-order valence-electron chi connectivity index (χ4n) is 4.91. The van der Waals surface area contributed by atoms with E-state index in [0.717, 1.165) is 30.3 Å². The Balaban J connectivity index is 1.31. The molecule has 0 saturated carbocycles. The zero-order chi connectivity index (χ0) is 26.1. The minimum atomic E-state index is -0.491. The number of carbonyl (C=O) groups is 1. The van der Waals surface area contributed by atoms with Gasteiger partial charge in [-0.2, -0.15) is 10.2 Å². The molecule has 1 amide bonds. The van der Waals surface area contributed by atoms with Crippen LogP contribution in [0, 0.1) is 5.92 Å². The van der Waals surface area contributed by atoms with Crippen LogP contribution in [0.15, 0.2) is 87.2 Å². The number of hydrogen-bond acceptors (Lipinski definition) is 6. The number of rotatable bonds is 6. The first-order valence-electron chi connectivity index (χ1n) is 12.7. The molecule has 0 aliphatic heterocycles. The van der Waals surface area contributed by atoms with E-state index >= 15 is 0 Å². The molecule has 5 aromatic rings. The van der Waals surface area contributed by atoms with Crippen molar-refractivity contribution >= 4 is 34.4 Å².